The van der Waals surface area contributed by atoms with Gasteiger partial charge in [-0.15, -0.1) is 21.5 Å². The Morgan fingerprint density at radius 2 is 1.96 bits per heavy atom. The van der Waals surface area contributed by atoms with Crippen molar-refractivity contribution >= 4 is 46.3 Å². The first kappa shape index (κ1) is 16.4. The molecule has 0 radical (unpaired) electrons. The molecule has 0 saturated heterocycles. The highest BCUT2D eigenvalue weighted by molar-refractivity contribution is 7.99. The van der Waals surface area contributed by atoms with Gasteiger partial charge in [0, 0.05) is 5.75 Å². The predicted octanol–water partition coefficient (Wildman–Crippen LogP) is 4.20. The number of hydrogen-bond donors (Lipinski definition) is 1. The van der Waals surface area contributed by atoms with Gasteiger partial charge in [0.1, 0.15) is 0 Å². The summed E-state index contributed by atoms with van der Waals surface area (Å²) in [6.07, 6.45) is 0. The van der Waals surface area contributed by atoms with E-state index >= 15 is 0 Å². The van der Waals surface area contributed by atoms with E-state index in [9.17, 15) is 0 Å². The molecule has 0 aliphatic rings. The molecule has 1 aromatic carbocycles. The number of benzene rings is 1. The van der Waals surface area contributed by atoms with Crippen LogP contribution in [0.25, 0.3) is 10.7 Å². The van der Waals surface area contributed by atoms with E-state index in [2.05, 4.69) is 10.2 Å². The number of ether oxygens (including phenoxy) is 1. The first-order valence-corrected chi connectivity index (χ1v) is 9.23. The average molecular weight is 387 g/mol. The fourth-order valence-corrected chi connectivity index (χ4v) is 3.73. The quantitative estimate of drug-likeness (QED) is 0.390. The first-order valence-electron chi connectivity index (χ1n) is 6.61. The molecular formula is C14H12Cl2N4OS2. The molecular weight excluding hydrogens is 375 g/mol. The van der Waals surface area contributed by atoms with E-state index < -0.39 is 0 Å². The number of nitrogens with two attached hydrogens (primary N) is 1. The minimum Gasteiger partial charge on any atom is -0.490 e. The van der Waals surface area contributed by atoms with Gasteiger partial charge < -0.3 is 10.6 Å². The molecule has 0 aliphatic carbocycles. The maximum absolute atomic E-state index is 6.05. The van der Waals surface area contributed by atoms with Gasteiger partial charge in [0.15, 0.2) is 11.6 Å². The van der Waals surface area contributed by atoms with Crippen LogP contribution in [0, 0.1) is 0 Å². The number of nitrogens with zero attached hydrogens (tertiary/aromatic N) is 3. The van der Waals surface area contributed by atoms with E-state index in [1.165, 1.54) is 16.4 Å². The van der Waals surface area contributed by atoms with Crippen LogP contribution < -0.4 is 10.6 Å². The van der Waals surface area contributed by atoms with Crippen molar-refractivity contribution in [1.29, 1.82) is 0 Å². The van der Waals surface area contributed by atoms with Crippen LogP contribution >= 0.6 is 46.3 Å². The van der Waals surface area contributed by atoms with Gasteiger partial charge in [0.2, 0.25) is 5.16 Å². The molecule has 120 valence electrons. The fraction of sp³-hybridized carbons (Fsp3) is 0.143. The molecule has 2 aromatic heterocycles. The number of nitrogen functional groups attached to an aromatic ring is 1. The largest absolute Gasteiger partial charge is 0.490 e. The van der Waals surface area contributed by atoms with Gasteiger partial charge in [0.25, 0.3) is 0 Å². The van der Waals surface area contributed by atoms with Crippen LogP contribution in [0.2, 0.25) is 10.0 Å². The van der Waals surface area contributed by atoms with Crippen LogP contribution in [0.5, 0.6) is 5.75 Å². The summed E-state index contributed by atoms with van der Waals surface area (Å²) in [4.78, 5) is 0.978. The van der Waals surface area contributed by atoms with Crippen LogP contribution in [0.4, 0.5) is 0 Å². The zero-order valence-electron chi connectivity index (χ0n) is 11.8. The number of rotatable bonds is 6. The van der Waals surface area contributed by atoms with Crippen molar-refractivity contribution in [2.75, 3.05) is 18.2 Å². The molecule has 0 spiro atoms. The minimum absolute atomic E-state index is 0.426. The third-order valence-electron chi connectivity index (χ3n) is 2.89. The Morgan fingerprint density at radius 1 is 1.17 bits per heavy atom. The fourth-order valence-electron chi connectivity index (χ4n) is 1.85. The summed E-state index contributed by atoms with van der Waals surface area (Å²) in [5.41, 5.74) is 0. The minimum atomic E-state index is 0.426. The number of thiophene rings is 1. The van der Waals surface area contributed by atoms with Crippen molar-refractivity contribution < 1.29 is 4.74 Å². The standard InChI is InChI=1S/C14H12Cl2N4OS2/c15-9-3-1-4-10(16)12(9)21-6-8-23-14-19-18-13(20(14)17)11-5-2-7-22-11/h1-5,7H,6,8,17H2. The summed E-state index contributed by atoms with van der Waals surface area (Å²) in [5, 5.41) is 11.8. The molecule has 0 bridgehead atoms. The van der Waals surface area contributed by atoms with Crippen LogP contribution in [0.1, 0.15) is 0 Å². The Balaban J connectivity index is 1.58. The lowest BCUT2D eigenvalue weighted by Gasteiger charge is -2.09. The summed E-state index contributed by atoms with van der Waals surface area (Å²) in [6, 6.07) is 9.15. The number of halogens is 2. The van der Waals surface area contributed by atoms with Gasteiger partial charge in [-0.2, -0.15) is 0 Å². The SMILES string of the molecule is Nn1c(SCCOc2c(Cl)cccc2Cl)nnc1-c1cccs1. The third kappa shape index (κ3) is 3.74. The first-order chi connectivity index (χ1) is 11.2. The summed E-state index contributed by atoms with van der Waals surface area (Å²) in [5.74, 6) is 7.81. The lowest BCUT2D eigenvalue weighted by Crippen LogP contribution is -2.12. The second kappa shape index (κ2) is 7.44. The summed E-state index contributed by atoms with van der Waals surface area (Å²) in [7, 11) is 0. The van der Waals surface area contributed by atoms with Crippen LogP contribution in [-0.4, -0.2) is 27.2 Å². The average Bonchev–Trinajstić information content (AvgIpc) is 3.16. The van der Waals surface area contributed by atoms with Gasteiger partial charge in [-0.25, -0.2) is 4.68 Å². The van der Waals surface area contributed by atoms with Crippen molar-refractivity contribution in [2.24, 2.45) is 0 Å². The van der Waals surface area contributed by atoms with Crippen LogP contribution in [0.3, 0.4) is 0 Å². The maximum atomic E-state index is 6.05. The van der Waals surface area contributed by atoms with Crippen LogP contribution in [0.15, 0.2) is 40.9 Å². The molecule has 5 nitrogen and oxygen atoms in total. The number of aromatic nitrogens is 3. The molecule has 23 heavy (non-hydrogen) atoms. The molecule has 3 rings (SSSR count). The molecule has 0 unspecified atom stereocenters. The third-order valence-corrected chi connectivity index (χ3v) is 5.25. The highest BCUT2D eigenvalue weighted by Crippen LogP contribution is 2.32. The maximum Gasteiger partial charge on any atom is 0.210 e. The Bertz CT molecular complexity index is 772. The van der Waals surface area contributed by atoms with E-state index in [1.54, 1.807) is 29.5 Å². The Labute approximate surface area is 151 Å². The Morgan fingerprint density at radius 3 is 2.65 bits per heavy atom. The normalized spacial score (nSPS) is 10.9. The van der Waals surface area contributed by atoms with E-state index in [-0.39, 0.29) is 0 Å². The molecule has 0 aliphatic heterocycles. The summed E-state index contributed by atoms with van der Waals surface area (Å²) in [6.45, 7) is 0.426. The zero-order valence-corrected chi connectivity index (χ0v) is 14.9. The molecule has 0 fully saturated rings. The number of thioether (sulfide) groups is 1. The van der Waals surface area contributed by atoms with E-state index in [0.717, 1.165) is 4.88 Å². The van der Waals surface area contributed by atoms with Crippen molar-refractivity contribution in [3.8, 4) is 16.5 Å². The summed E-state index contributed by atoms with van der Waals surface area (Å²) >= 11 is 15.1. The van der Waals surface area contributed by atoms with E-state index in [4.69, 9.17) is 33.8 Å². The lowest BCUT2D eigenvalue weighted by atomic mass is 10.3. The second-order valence-electron chi connectivity index (χ2n) is 4.40. The van der Waals surface area contributed by atoms with E-state index in [1.807, 2.05) is 17.5 Å². The van der Waals surface area contributed by atoms with Gasteiger partial charge in [-0.05, 0) is 23.6 Å². The predicted molar refractivity (Wildman–Crippen MR) is 96.2 cm³/mol. The zero-order chi connectivity index (χ0) is 16.2. The topological polar surface area (TPSA) is 66.0 Å². The molecule has 0 amide bonds. The van der Waals surface area contributed by atoms with Crippen molar-refractivity contribution in [1.82, 2.24) is 14.9 Å². The number of para-hydroxylation sites is 1. The van der Waals surface area contributed by atoms with Crippen molar-refractivity contribution in [2.45, 2.75) is 5.16 Å². The molecule has 2 N–H and O–H groups in total. The smallest absolute Gasteiger partial charge is 0.210 e. The Hall–Kier alpha value is -1.41. The van der Waals surface area contributed by atoms with Crippen LogP contribution in [-0.2, 0) is 0 Å². The lowest BCUT2D eigenvalue weighted by molar-refractivity contribution is 0.344. The molecule has 0 saturated carbocycles. The van der Waals surface area contributed by atoms with E-state index in [0.29, 0.717) is 39.1 Å². The molecule has 9 heteroatoms. The van der Waals surface area contributed by atoms with Crippen molar-refractivity contribution in [3.63, 3.8) is 0 Å². The van der Waals surface area contributed by atoms with Crippen molar-refractivity contribution in [3.05, 3.63) is 45.8 Å². The molecule has 0 atom stereocenters. The van der Waals surface area contributed by atoms with Gasteiger partial charge >= 0.3 is 0 Å². The van der Waals surface area contributed by atoms with Gasteiger partial charge in [-0.1, -0.05) is 47.1 Å². The molecule has 3 aromatic rings. The highest BCUT2D eigenvalue weighted by atomic mass is 35.5. The highest BCUT2D eigenvalue weighted by Gasteiger charge is 2.13. The van der Waals surface area contributed by atoms with Gasteiger partial charge in [0.05, 0.1) is 21.5 Å². The second-order valence-corrected chi connectivity index (χ2v) is 7.23. The Kier molecular flexibility index (Phi) is 5.32. The monoisotopic (exact) mass is 386 g/mol. The van der Waals surface area contributed by atoms with Gasteiger partial charge in [-0.3, -0.25) is 0 Å². The molecule has 2 heterocycles. The summed E-state index contributed by atoms with van der Waals surface area (Å²) < 4.78 is 7.11. The number of hydrogen-bond acceptors (Lipinski definition) is 6.